The molecule has 0 N–H and O–H groups in total. The van der Waals surface area contributed by atoms with Crippen LogP contribution in [0.15, 0.2) is 66.0 Å². The minimum atomic E-state index is -3.59. The Bertz CT molecular complexity index is 1160. The molecule has 3 aromatic rings. The quantitative estimate of drug-likeness (QED) is 0.645. The summed E-state index contributed by atoms with van der Waals surface area (Å²) in [7, 11) is -3.59. The Morgan fingerprint density at radius 3 is 2.33 bits per heavy atom. The summed E-state index contributed by atoms with van der Waals surface area (Å²) in [6.07, 6.45) is 3.16. The fourth-order valence-corrected chi connectivity index (χ4v) is 5.40. The summed E-state index contributed by atoms with van der Waals surface area (Å²) in [6.45, 7) is 4.95. The van der Waals surface area contributed by atoms with Crippen LogP contribution < -0.4 is 0 Å². The summed E-state index contributed by atoms with van der Waals surface area (Å²) in [4.78, 5) is 19.2. The summed E-state index contributed by atoms with van der Waals surface area (Å²) < 4.78 is 29.4. The number of benzene rings is 2. The summed E-state index contributed by atoms with van der Waals surface area (Å²) in [5.74, 6) is -0.153. The molecule has 1 aliphatic rings. The topological polar surface area (TPSA) is 75.5 Å². The fraction of sp³-hybridized carbons (Fsp3) is 0.273. The summed E-state index contributed by atoms with van der Waals surface area (Å²) in [5, 5.41) is 0. The molecule has 1 aliphatic heterocycles. The lowest BCUT2D eigenvalue weighted by atomic mass is 10.2. The molecule has 0 spiro atoms. The van der Waals surface area contributed by atoms with Crippen LogP contribution in [0.1, 0.15) is 21.6 Å². The molecule has 1 amide bonds. The molecule has 0 unspecified atom stereocenters. The first-order chi connectivity index (χ1) is 14.4. The largest absolute Gasteiger partial charge is 0.335 e. The summed E-state index contributed by atoms with van der Waals surface area (Å²) >= 11 is 0. The molecule has 1 aromatic heterocycles. The number of carbonyl (C=O) groups excluding carboxylic acids is 1. The SMILES string of the molecule is Cc1ccc(S(=O)(=O)N2CCN(C(=O)c3cncn3-c3ccccc3)CC2)c(C)c1. The molecule has 0 aliphatic carbocycles. The van der Waals surface area contributed by atoms with E-state index in [0.717, 1.165) is 16.8 Å². The van der Waals surface area contributed by atoms with E-state index in [0.29, 0.717) is 23.7 Å². The van der Waals surface area contributed by atoms with Crippen LogP contribution >= 0.6 is 0 Å². The maximum atomic E-state index is 13.1. The first kappa shape index (κ1) is 20.3. The Morgan fingerprint density at radius 2 is 1.67 bits per heavy atom. The molecule has 0 radical (unpaired) electrons. The zero-order valence-electron chi connectivity index (χ0n) is 17.0. The van der Waals surface area contributed by atoms with Crippen molar-refractivity contribution in [2.75, 3.05) is 26.2 Å². The monoisotopic (exact) mass is 424 g/mol. The van der Waals surface area contributed by atoms with Crippen LogP contribution in [0.4, 0.5) is 0 Å². The van der Waals surface area contributed by atoms with Gasteiger partial charge in [-0.05, 0) is 37.6 Å². The molecule has 156 valence electrons. The van der Waals surface area contributed by atoms with Crippen LogP contribution in [0, 0.1) is 13.8 Å². The number of imidazole rings is 1. The smallest absolute Gasteiger partial charge is 0.272 e. The first-order valence-electron chi connectivity index (χ1n) is 9.82. The normalized spacial score (nSPS) is 15.3. The second-order valence-corrected chi connectivity index (χ2v) is 9.36. The van der Waals surface area contributed by atoms with E-state index in [1.807, 2.05) is 56.3 Å². The maximum absolute atomic E-state index is 13.1. The second-order valence-electron chi connectivity index (χ2n) is 7.45. The third-order valence-electron chi connectivity index (χ3n) is 5.37. The molecular weight excluding hydrogens is 400 g/mol. The third-order valence-corrected chi connectivity index (χ3v) is 7.42. The second kappa shape index (κ2) is 8.04. The highest BCUT2D eigenvalue weighted by Crippen LogP contribution is 2.23. The molecule has 4 rings (SSSR count). The van der Waals surface area contributed by atoms with E-state index in [4.69, 9.17) is 0 Å². The summed E-state index contributed by atoms with van der Waals surface area (Å²) in [6, 6.07) is 14.9. The van der Waals surface area contributed by atoms with E-state index in [1.54, 1.807) is 28.1 Å². The van der Waals surface area contributed by atoms with Crippen LogP contribution in [-0.2, 0) is 10.0 Å². The van der Waals surface area contributed by atoms with Crippen LogP contribution in [-0.4, -0.2) is 59.3 Å². The van der Waals surface area contributed by atoms with E-state index in [9.17, 15) is 13.2 Å². The number of aromatic nitrogens is 2. The van der Waals surface area contributed by atoms with Crippen molar-refractivity contribution >= 4 is 15.9 Å². The Labute approximate surface area is 176 Å². The number of piperazine rings is 1. The van der Waals surface area contributed by atoms with Crippen molar-refractivity contribution in [1.29, 1.82) is 0 Å². The molecular formula is C22H24N4O3S. The number of hydrogen-bond acceptors (Lipinski definition) is 4. The predicted octanol–water partition coefficient (Wildman–Crippen LogP) is 2.64. The van der Waals surface area contributed by atoms with Crippen molar-refractivity contribution in [3.8, 4) is 5.69 Å². The van der Waals surface area contributed by atoms with Crippen LogP contribution in [0.2, 0.25) is 0 Å². The number of nitrogens with zero attached hydrogens (tertiary/aromatic N) is 4. The lowest BCUT2D eigenvalue weighted by Gasteiger charge is -2.34. The van der Waals surface area contributed by atoms with Gasteiger partial charge in [-0.15, -0.1) is 0 Å². The van der Waals surface area contributed by atoms with E-state index < -0.39 is 10.0 Å². The number of para-hydroxylation sites is 1. The highest BCUT2D eigenvalue weighted by Gasteiger charge is 2.32. The van der Waals surface area contributed by atoms with Crippen molar-refractivity contribution in [3.63, 3.8) is 0 Å². The molecule has 1 fully saturated rings. The number of carbonyl (C=O) groups is 1. The van der Waals surface area contributed by atoms with Gasteiger partial charge >= 0.3 is 0 Å². The van der Waals surface area contributed by atoms with Gasteiger partial charge in [0.25, 0.3) is 5.91 Å². The molecule has 30 heavy (non-hydrogen) atoms. The lowest BCUT2D eigenvalue weighted by molar-refractivity contribution is 0.0689. The highest BCUT2D eigenvalue weighted by atomic mass is 32.2. The number of rotatable bonds is 4. The Morgan fingerprint density at radius 1 is 0.967 bits per heavy atom. The van der Waals surface area contributed by atoms with Crippen LogP contribution in [0.5, 0.6) is 0 Å². The average molecular weight is 425 g/mol. The van der Waals surface area contributed by atoms with Gasteiger partial charge in [0, 0.05) is 31.9 Å². The Hall–Kier alpha value is -2.97. The lowest BCUT2D eigenvalue weighted by Crippen LogP contribution is -2.50. The predicted molar refractivity (Wildman–Crippen MR) is 114 cm³/mol. The van der Waals surface area contributed by atoms with Gasteiger partial charge in [-0.2, -0.15) is 4.31 Å². The number of sulfonamides is 1. The zero-order chi connectivity index (χ0) is 21.3. The van der Waals surface area contributed by atoms with Gasteiger partial charge < -0.3 is 4.90 Å². The van der Waals surface area contributed by atoms with Gasteiger partial charge in [0.2, 0.25) is 10.0 Å². The van der Waals surface area contributed by atoms with Gasteiger partial charge in [-0.3, -0.25) is 9.36 Å². The van der Waals surface area contributed by atoms with Gasteiger partial charge in [0.1, 0.15) is 5.69 Å². The minimum Gasteiger partial charge on any atom is -0.335 e. The van der Waals surface area contributed by atoms with Gasteiger partial charge in [0.15, 0.2) is 0 Å². The minimum absolute atomic E-state index is 0.153. The average Bonchev–Trinajstić information content (AvgIpc) is 3.23. The molecule has 0 saturated carbocycles. The Kier molecular flexibility index (Phi) is 5.44. The standard InChI is InChI=1S/C22H24N4O3S/c1-17-8-9-21(18(2)14-17)30(28,29)25-12-10-24(11-13-25)22(27)20-15-23-16-26(20)19-6-4-3-5-7-19/h3-9,14-16H,10-13H2,1-2H3. The van der Waals surface area contributed by atoms with E-state index >= 15 is 0 Å². The van der Waals surface area contributed by atoms with Crippen LogP contribution in [0.25, 0.3) is 5.69 Å². The zero-order valence-corrected chi connectivity index (χ0v) is 17.8. The van der Waals surface area contributed by atoms with E-state index in [2.05, 4.69) is 4.98 Å². The first-order valence-corrected chi connectivity index (χ1v) is 11.3. The molecule has 8 heteroatoms. The molecule has 2 heterocycles. The number of aryl methyl sites for hydroxylation is 2. The van der Waals surface area contributed by atoms with Crippen molar-refractivity contribution in [2.24, 2.45) is 0 Å². The third kappa shape index (κ3) is 3.76. The number of amides is 1. The molecule has 0 bridgehead atoms. The maximum Gasteiger partial charge on any atom is 0.272 e. The van der Waals surface area contributed by atoms with Gasteiger partial charge in [-0.1, -0.05) is 35.9 Å². The van der Waals surface area contributed by atoms with E-state index in [1.165, 1.54) is 4.31 Å². The summed E-state index contributed by atoms with van der Waals surface area (Å²) in [5.41, 5.74) is 3.08. The van der Waals surface area contributed by atoms with Gasteiger partial charge in [0.05, 0.1) is 17.4 Å². The highest BCUT2D eigenvalue weighted by molar-refractivity contribution is 7.89. The molecule has 2 aromatic carbocycles. The van der Waals surface area contributed by atoms with Crippen molar-refractivity contribution in [1.82, 2.24) is 18.8 Å². The fourth-order valence-electron chi connectivity index (χ4n) is 3.77. The van der Waals surface area contributed by atoms with Crippen molar-refractivity contribution in [3.05, 3.63) is 77.9 Å². The van der Waals surface area contributed by atoms with Crippen LogP contribution in [0.3, 0.4) is 0 Å². The van der Waals surface area contributed by atoms with Gasteiger partial charge in [-0.25, -0.2) is 13.4 Å². The van der Waals surface area contributed by atoms with Crippen molar-refractivity contribution < 1.29 is 13.2 Å². The molecule has 0 atom stereocenters. The van der Waals surface area contributed by atoms with E-state index in [-0.39, 0.29) is 19.0 Å². The Balaban J connectivity index is 1.49. The van der Waals surface area contributed by atoms with Crippen molar-refractivity contribution in [2.45, 2.75) is 18.7 Å². The molecule has 7 nitrogen and oxygen atoms in total. The molecule has 1 saturated heterocycles. The number of hydrogen-bond donors (Lipinski definition) is 0.